The fraction of sp³-hybridized carbons (Fsp3) is 0.0909. The van der Waals surface area contributed by atoms with E-state index in [2.05, 4.69) is 5.43 Å². The molecule has 0 atom stereocenters. The number of hydrogen-bond acceptors (Lipinski definition) is 3. The van der Waals surface area contributed by atoms with Crippen molar-refractivity contribution in [3.63, 3.8) is 0 Å². The Morgan fingerprint density at radius 2 is 1.80 bits per heavy atom. The molecule has 0 fully saturated rings. The van der Waals surface area contributed by atoms with Crippen LogP contribution >= 0.6 is 34.5 Å². The van der Waals surface area contributed by atoms with Crippen LogP contribution in [0.15, 0.2) is 60.7 Å². The van der Waals surface area contributed by atoms with Crippen molar-refractivity contribution in [2.75, 3.05) is 5.43 Å². The summed E-state index contributed by atoms with van der Waals surface area (Å²) < 4.78 is 2.45. The lowest BCUT2D eigenvalue weighted by atomic mass is 10.2. The number of rotatable bonds is 6. The number of aromatic nitrogens is 1. The molecule has 0 radical (unpaired) electrons. The highest BCUT2D eigenvalue weighted by Gasteiger charge is 2.20. The lowest BCUT2D eigenvalue weighted by Gasteiger charge is -2.14. The molecule has 2 N–H and O–H groups in total. The van der Waals surface area contributed by atoms with E-state index in [1.54, 1.807) is 22.9 Å². The summed E-state index contributed by atoms with van der Waals surface area (Å²) in [6.07, 6.45) is 0.231. The number of carbonyl (C=O) groups excluding carboxylic acids is 1. The van der Waals surface area contributed by atoms with Gasteiger partial charge < -0.3 is 5.11 Å². The maximum atomic E-state index is 13.1. The average molecular weight is 459 g/mol. The molecule has 0 aliphatic carbocycles. The number of amides is 1. The monoisotopic (exact) mass is 458 g/mol. The zero-order valence-corrected chi connectivity index (χ0v) is 17.9. The Morgan fingerprint density at radius 3 is 2.53 bits per heavy atom. The van der Waals surface area contributed by atoms with Crippen LogP contribution in [0.1, 0.15) is 21.8 Å². The van der Waals surface area contributed by atoms with Gasteiger partial charge >= 0.3 is 5.97 Å². The lowest BCUT2D eigenvalue weighted by molar-refractivity contribution is -0.136. The van der Waals surface area contributed by atoms with E-state index in [0.717, 1.165) is 21.3 Å². The standard InChI is InChI=1S/C22H16Cl2N2O3S/c23-14-6-9-16-18(12-14)30-21(20(16)24)22(29)25-26-15(8-11-19(27)28)7-10-17(26)13-4-2-1-3-5-13/h1-7,9-10,12H,8,11H2,(H,25,29)(H,27,28). The smallest absolute Gasteiger partial charge is 0.303 e. The van der Waals surface area contributed by atoms with Crippen molar-refractivity contribution < 1.29 is 14.7 Å². The number of carbonyl (C=O) groups is 2. The second-order valence-electron chi connectivity index (χ2n) is 6.63. The number of fused-ring (bicyclic) bond motifs is 1. The van der Waals surface area contributed by atoms with Gasteiger partial charge in [0.05, 0.1) is 17.1 Å². The third kappa shape index (κ3) is 4.07. The topological polar surface area (TPSA) is 71.3 Å². The van der Waals surface area contributed by atoms with E-state index in [1.807, 2.05) is 42.5 Å². The van der Waals surface area contributed by atoms with Gasteiger partial charge in [0.1, 0.15) is 4.88 Å². The predicted octanol–water partition coefficient (Wildman–Crippen LogP) is 6.08. The van der Waals surface area contributed by atoms with Crippen LogP contribution in [0.5, 0.6) is 0 Å². The average Bonchev–Trinajstić information content (AvgIpc) is 3.27. The van der Waals surface area contributed by atoms with E-state index >= 15 is 0 Å². The number of thiophene rings is 1. The van der Waals surface area contributed by atoms with E-state index in [4.69, 9.17) is 28.3 Å². The maximum absolute atomic E-state index is 13.1. The van der Waals surface area contributed by atoms with Gasteiger partial charge in [-0.25, -0.2) is 0 Å². The van der Waals surface area contributed by atoms with Crippen LogP contribution in [-0.4, -0.2) is 21.7 Å². The molecule has 0 aliphatic rings. The van der Waals surface area contributed by atoms with Gasteiger partial charge in [0.25, 0.3) is 5.91 Å². The molecule has 0 unspecified atom stereocenters. The molecule has 8 heteroatoms. The fourth-order valence-electron chi connectivity index (χ4n) is 3.21. The molecule has 5 nitrogen and oxygen atoms in total. The Morgan fingerprint density at radius 1 is 1.03 bits per heavy atom. The molecule has 2 heterocycles. The Bertz CT molecular complexity index is 1250. The van der Waals surface area contributed by atoms with Crippen molar-refractivity contribution in [1.29, 1.82) is 0 Å². The molecule has 0 saturated carbocycles. The minimum atomic E-state index is -0.903. The summed E-state index contributed by atoms with van der Waals surface area (Å²) in [7, 11) is 0. The summed E-state index contributed by atoms with van der Waals surface area (Å²) in [5, 5.41) is 10.8. The number of halogens is 2. The molecule has 0 aliphatic heterocycles. The van der Waals surface area contributed by atoms with E-state index in [0.29, 0.717) is 20.6 Å². The molecular formula is C22H16Cl2N2O3S. The molecule has 0 bridgehead atoms. The number of nitrogens with one attached hydrogen (secondary N) is 1. The summed E-state index contributed by atoms with van der Waals surface area (Å²) in [5.41, 5.74) is 5.23. The van der Waals surface area contributed by atoms with Gasteiger partial charge in [-0.05, 0) is 24.3 Å². The summed E-state index contributed by atoms with van der Waals surface area (Å²) >= 11 is 13.8. The van der Waals surface area contributed by atoms with E-state index in [9.17, 15) is 9.59 Å². The van der Waals surface area contributed by atoms with Gasteiger partial charge in [0.2, 0.25) is 0 Å². The van der Waals surface area contributed by atoms with Crippen molar-refractivity contribution in [3.8, 4) is 11.3 Å². The second-order valence-corrected chi connectivity index (χ2v) is 8.50. The molecule has 2 aromatic carbocycles. The van der Waals surface area contributed by atoms with Gasteiger partial charge in [-0.3, -0.25) is 19.7 Å². The Balaban J connectivity index is 1.72. The molecule has 152 valence electrons. The zero-order valence-electron chi connectivity index (χ0n) is 15.6. The molecular weight excluding hydrogens is 443 g/mol. The fourth-order valence-corrected chi connectivity index (χ4v) is 4.90. The molecule has 2 aromatic heterocycles. The van der Waals surface area contributed by atoms with Gasteiger partial charge in [0, 0.05) is 32.8 Å². The quantitative estimate of drug-likeness (QED) is 0.367. The summed E-state index contributed by atoms with van der Waals surface area (Å²) in [6.45, 7) is 0. The van der Waals surface area contributed by atoms with Crippen molar-refractivity contribution in [2.45, 2.75) is 12.8 Å². The van der Waals surface area contributed by atoms with Crippen LogP contribution in [0.3, 0.4) is 0 Å². The van der Waals surface area contributed by atoms with Crippen molar-refractivity contribution in [2.24, 2.45) is 0 Å². The minimum Gasteiger partial charge on any atom is -0.481 e. The van der Waals surface area contributed by atoms with Crippen LogP contribution < -0.4 is 5.43 Å². The largest absolute Gasteiger partial charge is 0.481 e. The van der Waals surface area contributed by atoms with Crippen molar-refractivity contribution in [3.05, 3.63) is 81.3 Å². The number of nitrogens with zero attached hydrogens (tertiary/aromatic N) is 1. The number of aryl methyl sites for hydroxylation is 1. The maximum Gasteiger partial charge on any atom is 0.303 e. The zero-order chi connectivity index (χ0) is 21.3. The van der Waals surface area contributed by atoms with E-state index in [1.165, 1.54) is 11.3 Å². The number of benzene rings is 2. The first kappa shape index (κ1) is 20.5. The summed E-state index contributed by atoms with van der Waals surface area (Å²) in [5.74, 6) is -1.28. The summed E-state index contributed by atoms with van der Waals surface area (Å²) in [4.78, 5) is 24.5. The van der Waals surface area contributed by atoms with Gasteiger partial charge in [-0.15, -0.1) is 11.3 Å². The molecule has 4 aromatic rings. The van der Waals surface area contributed by atoms with E-state index < -0.39 is 5.97 Å². The van der Waals surface area contributed by atoms with Gasteiger partial charge in [-0.2, -0.15) is 0 Å². The number of hydrogen-bond donors (Lipinski definition) is 2. The lowest BCUT2D eigenvalue weighted by Crippen LogP contribution is -2.25. The molecule has 0 saturated heterocycles. The predicted molar refractivity (Wildman–Crippen MR) is 121 cm³/mol. The van der Waals surface area contributed by atoms with Gasteiger partial charge in [-0.1, -0.05) is 59.6 Å². The SMILES string of the molecule is O=C(O)CCc1ccc(-c2ccccc2)n1NC(=O)c1sc2cc(Cl)ccc2c1Cl. The summed E-state index contributed by atoms with van der Waals surface area (Å²) in [6, 6.07) is 18.5. The molecule has 1 amide bonds. The van der Waals surface area contributed by atoms with Crippen molar-refractivity contribution >= 4 is 56.5 Å². The van der Waals surface area contributed by atoms with Gasteiger partial charge in [0.15, 0.2) is 0 Å². The third-order valence-electron chi connectivity index (χ3n) is 4.64. The first-order valence-corrected chi connectivity index (χ1v) is 10.7. The minimum absolute atomic E-state index is 0.0454. The van der Waals surface area contributed by atoms with E-state index in [-0.39, 0.29) is 18.7 Å². The van der Waals surface area contributed by atoms with Crippen LogP contribution in [0.2, 0.25) is 10.0 Å². The number of aliphatic carboxylic acids is 1. The van der Waals surface area contributed by atoms with Crippen LogP contribution in [-0.2, 0) is 11.2 Å². The molecule has 4 rings (SSSR count). The van der Waals surface area contributed by atoms with Crippen molar-refractivity contribution in [1.82, 2.24) is 4.68 Å². The first-order chi connectivity index (χ1) is 14.4. The Hall–Kier alpha value is -2.80. The van der Waals surface area contributed by atoms with Crippen LogP contribution in [0, 0.1) is 0 Å². The van der Waals surface area contributed by atoms with Crippen LogP contribution in [0.4, 0.5) is 0 Å². The van der Waals surface area contributed by atoms with Crippen LogP contribution in [0.25, 0.3) is 21.3 Å². The normalized spacial score (nSPS) is 11.0. The highest BCUT2D eigenvalue weighted by molar-refractivity contribution is 7.21. The molecule has 0 spiro atoms. The highest BCUT2D eigenvalue weighted by Crippen LogP contribution is 2.37. The second kappa shape index (κ2) is 8.52. The third-order valence-corrected chi connectivity index (χ3v) is 6.53. The number of carboxylic acids is 1. The highest BCUT2D eigenvalue weighted by atomic mass is 35.5. The Labute approximate surface area is 186 Å². The number of carboxylic acid groups (broad SMARTS) is 1. The molecule has 30 heavy (non-hydrogen) atoms. The first-order valence-electron chi connectivity index (χ1n) is 9.11. The Kier molecular flexibility index (Phi) is 5.81.